The van der Waals surface area contributed by atoms with E-state index in [2.05, 4.69) is 26.1 Å². The monoisotopic (exact) mass is 305 g/mol. The van der Waals surface area contributed by atoms with Gasteiger partial charge in [0.1, 0.15) is 0 Å². The molecule has 0 aliphatic carbocycles. The molecule has 0 amide bonds. The van der Waals surface area contributed by atoms with Crippen LogP contribution in [0.3, 0.4) is 0 Å². The number of aromatic nitrogens is 1. The largest absolute Gasteiger partial charge is 0.369 e. The molecule has 18 heavy (non-hydrogen) atoms. The molecule has 0 radical (unpaired) electrons. The SMILES string of the molecule is NC(N)=N/N=C/c1ccn(-c2ccc(Br)cc2)c1. The van der Waals surface area contributed by atoms with E-state index in [1.54, 1.807) is 6.21 Å². The Morgan fingerprint density at radius 2 is 1.89 bits per heavy atom. The Kier molecular flexibility index (Phi) is 3.78. The fourth-order valence-corrected chi connectivity index (χ4v) is 1.69. The molecule has 0 fully saturated rings. The fourth-order valence-electron chi connectivity index (χ4n) is 1.43. The molecule has 0 saturated carbocycles. The summed E-state index contributed by atoms with van der Waals surface area (Å²) in [7, 11) is 0. The summed E-state index contributed by atoms with van der Waals surface area (Å²) in [5, 5.41) is 7.29. The van der Waals surface area contributed by atoms with Gasteiger partial charge in [-0.2, -0.15) is 5.10 Å². The van der Waals surface area contributed by atoms with E-state index in [1.807, 2.05) is 47.3 Å². The molecule has 1 aromatic carbocycles. The molecule has 0 aliphatic heterocycles. The number of hydrogen-bond donors (Lipinski definition) is 2. The molecule has 0 atom stereocenters. The van der Waals surface area contributed by atoms with Gasteiger partial charge in [-0.3, -0.25) is 0 Å². The molecule has 1 heterocycles. The van der Waals surface area contributed by atoms with Crippen molar-refractivity contribution in [1.82, 2.24) is 4.57 Å². The maximum absolute atomic E-state index is 5.17. The van der Waals surface area contributed by atoms with E-state index in [4.69, 9.17) is 11.5 Å². The van der Waals surface area contributed by atoms with Crippen molar-refractivity contribution in [2.24, 2.45) is 21.7 Å². The molecule has 1 aromatic heterocycles. The highest BCUT2D eigenvalue weighted by atomic mass is 79.9. The van der Waals surface area contributed by atoms with Crippen molar-refractivity contribution in [3.63, 3.8) is 0 Å². The molecule has 0 spiro atoms. The van der Waals surface area contributed by atoms with Gasteiger partial charge in [0.25, 0.3) is 0 Å². The lowest BCUT2D eigenvalue weighted by Gasteiger charge is -2.01. The molecule has 0 bridgehead atoms. The van der Waals surface area contributed by atoms with Gasteiger partial charge >= 0.3 is 0 Å². The topological polar surface area (TPSA) is 81.7 Å². The summed E-state index contributed by atoms with van der Waals surface area (Å²) in [6.07, 6.45) is 5.48. The molecule has 92 valence electrons. The standard InChI is InChI=1S/C12H12BrN5/c13-10-1-3-11(4-2-10)18-6-5-9(8-18)7-16-17-12(14)15/h1-8H,(H4,14,15,17)/b16-7+. The first kappa shape index (κ1) is 12.4. The fraction of sp³-hybridized carbons (Fsp3) is 0. The van der Waals surface area contributed by atoms with E-state index >= 15 is 0 Å². The molecule has 2 aromatic rings. The van der Waals surface area contributed by atoms with Gasteiger partial charge < -0.3 is 16.0 Å². The molecule has 6 heteroatoms. The normalized spacial score (nSPS) is 10.7. The predicted octanol–water partition coefficient (Wildman–Crippen LogP) is 1.85. The Balaban J connectivity index is 2.18. The number of hydrogen-bond acceptors (Lipinski definition) is 2. The van der Waals surface area contributed by atoms with Crippen LogP contribution in [0.1, 0.15) is 5.56 Å². The number of nitrogens with zero attached hydrogens (tertiary/aromatic N) is 3. The van der Waals surface area contributed by atoms with Crippen LogP contribution >= 0.6 is 15.9 Å². The second kappa shape index (κ2) is 5.50. The smallest absolute Gasteiger partial charge is 0.211 e. The lowest BCUT2D eigenvalue weighted by atomic mass is 10.3. The Labute approximate surface area is 113 Å². The molecule has 4 N–H and O–H groups in total. The van der Waals surface area contributed by atoms with Gasteiger partial charge in [0.2, 0.25) is 5.96 Å². The van der Waals surface area contributed by atoms with Crippen molar-refractivity contribution >= 4 is 28.1 Å². The lowest BCUT2D eigenvalue weighted by molar-refractivity contribution is 1.08. The maximum atomic E-state index is 5.17. The van der Waals surface area contributed by atoms with Crippen LogP contribution < -0.4 is 11.5 Å². The van der Waals surface area contributed by atoms with Gasteiger partial charge in [-0.05, 0) is 30.3 Å². The summed E-state index contributed by atoms with van der Waals surface area (Å²) < 4.78 is 3.04. The molecule has 2 rings (SSSR count). The van der Waals surface area contributed by atoms with E-state index in [-0.39, 0.29) is 5.96 Å². The Hall–Kier alpha value is -2.08. The van der Waals surface area contributed by atoms with Crippen LogP contribution in [0, 0.1) is 0 Å². The summed E-state index contributed by atoms with van der Waals surface area (Å²) in [6.45, 7) is 0. The summed E-state index contributed by atoms with van der Waals surface area (Å²) in [6, 6.07) is 9.93. The first-order valence-corrected chi connectivity index (χ1v) is 6.00. The Bertz CT molecular complexity index is 579. The van der Waals surface area contributed by atoms with Gasteiger partial charge in [-0.1, -0.05) is 15.9 Å². The van der Waals surface area contributed by atoms with Crippen LogP contribution in [-0.2, 0) is 0 Å². The minimum atomic E-state index is -0.0569. The molecule has 0 saturated heterocycles. The highest BCUT2D eigenvalue weighted by Gasteiger charge is 1.97. The zero-order valence-corrected chi connectivity index (χ0v) is 11.1. The van der Waals surface area contributed by atoms with Gasteiger partial charge in [0.05, 0.1) is 6.21 Å². The van der Waals surface area contributed by atoms with E-state index in [0.29, 0.717) is 0 Å². The van der Waals surface area contributed by atoms with Gasteiger partial charge in [-0.15, -0.1) is 5.10 Å². The van der Waals surface area contributed by atoms with Crippen LogP contribution in [0.2, 0.25) is 0 Å². The third kappa shape index (κ3) is 3.21. The van der Waals surface area contributed by atoms with Crippen molar-refractivity contribution in [3.8, 4) is 5.69 Å². The van der Waals surface area contributed by atoms with Gasteiger partial charge in [-0.25, -0.2) is 0 Å². The van der Waals surface area contributed by atoms with Crippen molar-refractivity contribution in [1.29, 1.82) is 0 Å². The quantitative estimate of drug-likeness (QED) is 0.515. The van der Waals surface area contributed by atoms with Gasteiger partial charge in [0, 0.05) is 28.1 Å². The minimum absolute atomic E-state index is 0.0569. The molecular weight excluding hydrogens is 294 g/mol. The third-order valence-electron chi connectivity index (χ3n) is 2.22. The highest BCUT2D eigenvalue weighted by Crippen LogP contribution is 2.14. The summed E-state index contributed by atoms with van der Waals surface area (Å²) >= 11 is 3.40. The first-order valence-electron chi connectivity index (χ1n) is 5.21. The Morgan fingerprint density at radius 1 is 1.17 bits per heavy atom. The number of nitrogens with two attached hydrogens (primary N) is 2. The second-order valence-electron chi connectivity index (χ2n) is 3.60. The first-order chi connectivity index (χ1) is 8.65. The Morgan fingerprint density at radius 3 is 2.56 bits per heavy atom. The summed E-state index contributed by atoms with van der Waals surface area (Å²) in [5.74, 6) is -0.0569. The molecule has 0 unspecified atom stereocenters. The zero-order chi connectivity index (χ0) is 13.0. The van der Waals surface area contributed by atoms with Crippen LogP contribution in [0.4, 0.5) is 0 Å². The van der Waals surface area contributed by atoms with E-state index in [1.165, 1.54) is 0 Å². The number of benzene rings is 1. The highest BCUT2D eigenvalue weighted by molar-refractivity contribution is 9.10. The predicted molar refractivity (Wildman–Crippen MR) is 76.9 cm³/mol. The second-order valence-corrected chi connectivity index (χ2v) is 4.51. The van der Waals surface area contributed by atoms with Gasteiger partial charge in [0.15, 0.2) is 0 Å². The molecule has 0 aliphatic rings. The van der Waals surface area contributed by atoms with E-state index < -0.39 is 0 Å². The zero-order valence-electron chi connectivity index (χ0n) is 9.49. The average molecular weight is 306 g/mol. The van der Waals surface area contributed by atoms with Crippen molar-refractivity contribution in [3.05, 3.63) is 52.8 Å². The summed E-state index contributed by atoms with van der Waals surface area (Å²) in [5.41, 5.74) is 12.3. The lowest BCUT2D eigenvalue weighted by Crippen LogP contribution is -2.21. The van der Waals surface area contributed by atoms with Crippen molar-refractivity contribution < 1.29 is 0 Å². The van der Waals surface area contributed by atoms with E-state index in [9.17, 15) is 0 Å². The molecule has 5 nitrogen and oxygen atoms in total. The summed E-state index contributed by atoms with van der Waals surface area (Å²) in [4.78, 5) is 0. The minimum Gasteiger partial charge on any atom is -0.369 e. The van der Waals surface area contributed by atoms with E-state index in [0.717, 1.165) is 15.7 Å². The van der Waals surface area contributed by atoms with Crippen LogP contribution in [0.5, 0.6) is 0 Å². The average Bonchev–Trinajstić information content (AvgIpc) is 2.78. The van der Waals surface area contributed by atoms with Crippen molar-refractivity contribution in [2.75, 3.05) is 0 Å². The number of halogens is 1. The van der Waals surface area contributed by atoms with Crippen molar-refractivity contribution in [2.45, 2.75) is 0 Å². The van der Waals surface area contributed by atoms with Crippen LogP contribution in [0.25, 0.3) is 5.69 Å². The maximum Gasteiger partial charge on any atom is 0.211 e. The third-order valence-corrected chi connectivity index (χ3v) is 2.75. The molecular formula is C12H12BrN5. The number of guanidine groups is 1. The van der Waals surface area contributed by atoms with Crippen LogP contribution in [-0.4, -0.2) is 16.7 Å². The van der Waals surface area contributed by atoms with Crippen LogP contribution in [0.15, 0.2) is 57.4 Å². The number of rotatable bonds is 3.